The van der Waals surface area contributed by atoms with Crippen molar-refractivity contribution in [2.75, 3.05) is 11.9 Å². The minimum Gasteiger partial charge on any atom is -0.373 e. The van der Waals surface area contributed by atoms with Crippen LogP contribution < -0.4 is 5.32 Å². The molecule has 0 aromatic heterocycles. The molecular formula is C22H28N2O4. The Bertz CT molecular complexity index is 778. The molecule has 1 aromatic carbocycles. The number of nitrogens with zero attached hydrogens (tertiary/aromatic N) is 1. The van der Waals surface area contributed by atoms with E-state index in [0.717, 1.165) is 34.6 Å². The number of amides is 3. The lowest BCUT2D eigenvalue weighted by Gasteiger charge is -2.22. The number of benzene rings is 1. The molecule has 1 aromatic rings. The SMILES string of the molecule is CC(C)c1cccc(C(C)C)c1NC(=O)CN1C(=O)C2C3CCC(O3)C2C1=O. The molecular weight excluding hydrogens is 356 g/mol. The zero-order chi connectivity index (χ0) is 20.2. The Balaban J connectivity index is 1.53. The van der Waals surface area contributed by atoms with Gasteiger partial charge in [-0.3, -0.25) is 19.3 Å². The first-order chi connectivity index (χ1) is 13.3. The van der Waals surface area contributed by atoms with Crippen molar-refractivity contribution in [3.8, 4) is 0 Å². The fraction of sp³-hybridized carbons (Fsp3) is 0.591. The maximum absolute atomic E-state index is 12.8. The third kappa shape index (κ3) is 2.94. The molecule has 3 fully saturated rings. The maximum Gasteiger partial charge on any atom is 0.244 e. The number of hydrogen-bond acceptors (Lipinski definition) is 4. The molecule has 2 bridgehead atoms. The number of carbonyl (C=O) groups excluding carboxylic acids is 3. The predicted molar refractivity (Wildman–Crippen MR) is 105 cm³/mol. The number of hydrogen-bond donors (Lipinski definition) is 1. The van der Waals surface area contributed by atoms with Crippen molar-refractivity contribution in [1.82, 2.24) is 4.90 Å². The van der Waals surface area contributed by atoms with E-state index in [-0.39, 0.29) is 48.3 Å². The fourth-order valence-corrected chi connectivity index (χ4v) is 4.95. The van der Waals surface area contributed by atoms with Crippen LogP contribution in [0.1, 0.15) is 63.5 Å². The van der Waals surface area contributed by atoms with Crippen molar-refractivity contribution in [3.63, 3.8) is 0 Å². The predicted octanol–water partition coefficient (Wildman–Crippen LogP) is 3.03. The highest BCUT2D eigenvalue weighted by atomic mass is 16.5. The minimum absolute atomic E-state index is 0.159. The van der Waals surface area contributed by atoms with Gasteiger partial charge in [0, 0.05) is 5.69 Å². The monoisotopic (exact) mass is 384 g/mol. The lowest BCUT2D eigenvalue weighted by molar-refractivity contribution is -0.145. The zero-order valence-corrected chi connectivity index (χ0v) is 16.9. The van der Waals surface area contributed by atoms with Crippen LogP contribution >= 0.6 is 0 Å². The first-order valence-corrected chi connectivity index (χ1v) is 10.2. The van der Waals surface area contributed by atoms with Crippen molar-refractivity contribution in [2.45, 2.75) is 64.6 Å². The third-order valence-corrected chi connectivity index (χ3v) is 6.31. The van der Waals surface area contributed by atoms with Crippen molar-refractivity contribution < 1.29 is 19.1 Å². The lowest BCUT2D eigenvalue weighted by Crippen LogP contribution is -2.40. The second kappa shape index (κ2) is 6.99. The van der Waals surface area contributed by atoms with E-state index in [2.05, 4.69) is 33.0 Å². The summed E-state index contributed by atoms with van der Waals surface area (Å²) in [6, 6.07) is 6.03. The van der Waals surface area contributed by atoms with Crippen LogP contribution in [-0.2, 0) is 19.1 Å². The lowest BCUT2D eigenvalue weighted by atomic mass is 9.81. The molecule has 0 aliphatic carbocycles. The van der Waals surface area contributed by atoms with Gasteiger partial charge in [-0.15, -0.1) is 0 Å². The summed E-state index contributed by atoms with van der Waals surface area (Å²) in [6.45, 7) is 8.10. The summed E-state index contributed by atoms with van der Waals surface area (Å²) in [5, 5.41) is 3.00. The molecule has 3 aliphatic rings. The second-order valence-electron chi connectivity index (χ2n) is 8.77. The van der Waals surface area contributed by atoms with Gasteiger partial charge in [-0.05, 0) is 35.8 Å². The van der Waals surface area contributed by atoms with Crippen LogP contribution in [0.4, 0.5) is 5.69 Å². The Morgan fingerprint density at radius 3 is 2.00 bits per heavy atom. The number of nitrogens with one attached hydrogen (secondary N) is 1. The largest absolute Gasteiger partial charge is 0.373 e. The molecule has 0 saturated carbocycles. The van der Waals surface area contributed by atoms with E-state index < -0.39 is 11.8 Å². The van der Waals surface area contributed by atoms with Gasteiger partial charge in [-0.1, -0.05) is 45.9 Å². The summed E-state index contributed by atoms with van der Waals surface area (Å²) in [5.74, 6) is -1.13. The third-order valence-electron chi connectivity index (χ3n) is 6.31. The Hall–Kier alpha value is -2.21. The van der Waals surface area contributed by atoms with E-state index >= 15 is 0 Å². The number of fused-ring (bicyclic) bond motifs is 5. The second-order valence-corrected chi connectivity index (χ2v) is 8.77. The number of rotatable bonds is 5. The molecule has 4 unspecified atom stereocenters. The summed E-state index contributed by atoms with van der Waals surface area (Å²) < 4.78 is 5.74. The molecule has 0 radical (unpaired) electrons. The van der Waals surface area contributed by atoms with Crippen LogP contribution in [0.5, 0.6) is 0 Å². The number of para-hydroxylation sites is 1. The van der Waals surface area contributed by atoms with Crippen LogP contribution in [0.25, 0.3) is 0 Å². The molecule has 150 valence electrons. The smallest absolute Gasteiger partial charge is 0.244 e. The number of likely N-dealkylation sites (tertiary alicyclic amines) is 1. The molecule has 4 rings (SSSR count). The van der Waals surface area contributed by atoms with Crippen LogP contribution in [-0.4, -0.2) is 41.4 Å². The van der Waals surface area contributed by atoms with Gasteiger partial charge in [0.2, 0.25) is 17.7 Å². The average molecular weight is 384 g/mol. The van der Waals surface area contributed by atoms with E-state index in [1.807, 2.05) is 18.2 Å². The van der Waals surface area contributed by atoms with Gasteiger partial charge >= 0.3 is 0 Å². The average Bonchev–Trinajstić information content (AvgIpc) is 3.31. The molecule has 3 aliphatic heterocycles. The van der Waals surface area contributed by atoms with Crippen molar-refractivity contribution >= 4 is 23.4 Å². The first-order valence-electron chi connectivity index (χ1n) is 10.2. The molecule has 1 N–H and O–H groups in total. The van der Waals surface area contributed by atoms with Crippen molar-refractivity contribution in [3.05, 3.63) is 29.3 Å². The molecule has 4 atom stereocenters. The van der Waals surface area contributed by atoms with E-state index in [1.165, 1.54) is 0 Å². The van der Waals surface area contributed by atoms with Crippen molar-refractivity contribution in [2.24, 2.45) is 11.8 Å². The normalized spacial score (nSPS) is 28.6. The molecule has 3 heterocycles. The van der Waals surface area contributed by atoms with E-state index in [1.54, 1.807) is 0 Å². The number of imide groups is 1. The summed E-state index contributed by atoms with van der Waals surface area (Å²) in [5.41, 5.74) is 2.92. The molecule has 0 spiro atoms. The molecule has 6 nitrogen and oxygen atoms in total. The Kier molecular flexibility index (Phi) is 4.78. The summed E-state index contributed by atoms with van der Waals surface area (Å²) in [7, 11) is 0. The highest BCUT2D eigenvalue weighted by Crippen LogP contribution is 2.48. The topological polar surface area (TPSA) is 75.7 Å². The summed E-state index contributed by atoms with van der Waals surface area (Å²) in [6.07, 6.45) is 1.33. The van der Waals surface area contributed by atoms with Gasteiger partial charge in [0.25, 0.3) is 0 Å². The molecule has 28 heavy (non-hydrogen) atoms. The van der Waals surface area contributed by atoms with Gasteiger partial charge in [0.1, 0.15) is 6.54 Å². The van der Waals surface area contributed by atoms with Crippen molar-refractivity contribution in [1.29, 1.82) is 0 Å². The standard InChI is InChI=1S/C22H28N2O4/c1-11(2)13-6-5-7-14(12(3)4)20(13)23-17(25)10-24-21(26)18-15-8-9-16(28-15)19(18)22(24)27/h5-7,11-12,15-16,18-19H,8-10H2,1-4H3,(H,23,25). The van der Waals surface area contributed by atoms with Gasteiger partial charge in [0.05, 0.1) is 24.0 Å². The molecule has 6 heteroatoms. The van der Waals surface area contributed by atoms with Gasteiger partial charge in [-0.2, -0.15) is 0 Å². The fourth-order valence-electron chi connectivity index (χ4n) is 4.95. The van der Waals surface area contributed by atoms with E-state index in [0.29, 0.717) is 0 Å². The van der Waals surface area contributed by atoms with Gasteiger partial charge in [-0.25, -0.2) is 0 Å². The zero-order valence-electron chi connectivity index (χ0n) is 16.9. The number of carbonyl (C=O) groups is 3. The van der Waals surface area contributed by atoms with Gasteiger partial charge in [0.15, 0.2) is 0 Å². The highest BCUT2D eigenvalue weighted by molar-refractivity contribution is 6.09. The van der Waals surface area contributed by atoms with E-state index in [9.17, 15) is 14.4 Å². The quantitative estimate of drug-likeness (QED) is 0.792. The maximum atomic E-state index is 12.8. The highest BCUT2D eigenvalue weighted by Gasteiger charge is 2.62. The van der Waals surface area contributed by atoms with Crippen LogP contribution in [0, 0.1) is 11.8 Å². The Morgan fingerprint density at radius 1 is 1.04 bits per heavy atom. The van der Waals surface area contributed by atoms with Crippen LogP contribution in [0.3, 0.4) is 0 Å². The summed E-state index contributed by atoms with van der Waals surface area (Å²) >= 11 is 0. The minimum atomic E-state index is -0.395. The number of ether oxygens (including phenoxy) is 1. The Labute approximate surface area is 165 Å². The van der Waals surface area contributed by atoms with Crippen LogP contribution in [0.2, 0.25) is 0 Å². The van der Waals surface area contributed by atoms with Gasteiger partial charge < -0.3 is 10.1 Å². The molecule has 3 amide bonds. The first kappa shape index (κ1) is 19.1. The molecule has 3 saturated heterocycles. The Morgan fingerprint density at radius 2 is 1.54 bits per heavy atom. The number of anilines is 1. The van der Waals surface area contributed by atoms with Crippen LogP contribution in [0.15, 0.2) is 18.2 Å². The summed E-state index contributed by atoms with van der Waals surface area (Å²) in [4.78, 5) is 39.5. The van der Waals surface area contributed by atoms with E-state index in [4.69, 9.17) is 4.74 Å².